The van der Waals surface area contributed by atoms with Gasteiger partial charge in [-0.2, -0.15) is 0 Å². The normalized spacial score (nSPS) is 17.2. The molecular weight excluding hydrogens is 234 g/mol. The minimum atomic E-state index is 0.364. The van der Waals surface area contributed by atoms with Gasteiger partial charge in [-0.25, -0.2) is 0 Å². The van der Waals surface area contributed by atoms with Gasteiger partial charge in [0.25, 0.3) is 0 Å². The van der Waals surface area contributed by atoms with Crippen molar-refractivity contribution in [1.82, 2.24) is 0 Å². The SMILES string of the molecule is CCc1cccc(NC2CCc3cc(O)ccc32)c1. The van der Waals surface area contributed by atoms with Gasteiger partial charge in [-0.1, -0.05) is 25.1 Å². The minimum absolute atomic E-state index is 0.364. The molecule has 0 heterocycles. The Bertz CT molecular complexity index is 592. The first-order valence-electron chi connectivity index (χ1n) is 6.93. The van der Waals surface area contributed by atoms with Crippen molar-refractivity contribution < 1.29 is 5.11 Å². The smallest absolute Gasteiger partial charge is 0.115 e. The molecule has 2 heteroatoms. The van der Waals surface area contributed by atoms with Gasteiger partial charge in [0.1, 0.15) is 5.75 Å². The number of fused-ring (bicyclic) bond motifs is 1. The van der Waals surface area contributed by atoms with E-state index in [2.05, 4.69) is 36.5 Å². The van der Waals surface area contributed by atoms with Crippen LogP contribution in [-0.2, 0) is 12.8 Å². The molecule has 0 spiro atoms. The van der Waals surface area contributed by atoms with Crippen molar-refractivity contribution in [2.45, 2.75) is 32.2 Å². The monoisotopic (exact) mass is 253 g/mol. The third-order valence-corrected chi connectivity index (χ3v) is 3.88. The van der Waals surface area contributed by atoms with Crippen LogP contribution in [0.5, 0.6) is 5.75 Å². The van der Waals surface area contributed by atoms with Crippen LogP contribution in [-0.4, -0.2) is 5.11 Å². The standard InChI is InChI=1S/C17H19NO/c1-2-12-4-3-5-14(10-12)18-17-9-6-13-11-15(19)7-8-16(13)17/h3-5,7-8,10-11,17-19H,2,6,9H2,1H3. The number of hydrogen-bond acceptors (Lipinski definition) is 2. The zero-order chi connectivity index (χ0) is 13.2. The summed E-state index contributed by atoms with van der Waals surface area (Å²) in [6, 6.07) is 14.7. The van der Waals surface area contributed by atoms with Gasteiger partial charge in [0.15, 0.2) is 0 Å². The number of phenols is 1. The molecule has 1 unspecified atom stereocenters. The fraction of sp³-hybridized carbons (Fsp3) is 0.294. The van der Waals surface area contributed by atoms with Gasteiger partial charge in [-0.05, 0) is 60.2 Å². The zero-order valence-corrected chi connectivity index (χ0v) is 11.2. The van der Waals surface area contributed by atoms with Crippen LogP contribution in [0.25, 0.3) is 0 Å². The van der Waals surface area contributed by atoms with E-state index >= 15 is 0 Å². The number of nitrogens with one attached hydrogen (secondary N) is 1. The van der Waals surface area contributed by atoms with Crippen molar-refractivity contribution in [3.05, 3.63) is 59.2 Å². The Hall–Kier alpha value is -1.96. The van der Waals surface area contributed by atoms with E-state index in [1.54, 1.807) is 6.07 Å². The Labute approximate surface area is 114 Å². The van der Waals surface area contributed by atoms with Gasteiger partial charge in [-0.15, -0.1) is 0 Å². The lowest BCUT2D eigenvalue weighted by molar-refractivity contribution is 0.474. The van der Waals surface area contributed by atoms with E-state index in [0.29, 0.717) is 11.8 Å². The predicted octanol–water partition coefficient (Wildman–Crippen LogP) is 4.05. The highest BCUT2D eigenvalue weighted by molar-refractivity contribution is 5.50. The first kappa shape index (κ1) is 12.1. The first-order chi connectivity index (χ1) is 9.26. The van der Waals surface area contributed by atoms with Crippen LogP contribution in [0.2, 0.25) is 0 Å². The molecule has 0 saturated heterocycles. The molecule has 98 valence electrons. The van der Waals surface area contributed by atoms with Gasteiger partial charge in [0.2, 0.25) is 0 Å². The Morgan fingerprint density at radius 1 is 1.21 bits per heavy atom. The van der Waals surface area contributed by atoms with E-state index in [4.69, 9.17) is 0 Å². The summed E-state index contributed by atoms with van der Waals surface area (Å²) in [6.07, 6.45) is 3.19. The van der Waals surface area contributed by atoms with Gasteiger partial charge in [0.05, 0.1) is 6.04 Å². The van der Waals surface area contributed by atoms with E-state index in [0.717, 1.165) is 19.3 Å². The number of aryl methyl sites for hydroxylation is 2. The molecular formula is C17H19NO. The second-order valence-electron chi connectivity index (χ2n) is 5.17. The fourth-order valence-corrected chi connectivity index (χ4v) is 2.84. The minimum Gasteiger partial charge on any atom is -0.508 e. The highest BCUT2D eigenvalue weighted by Crippen LogP contribution is 2.35. The van der Waals surface area contributed by atoms with Crippen molar-refractivity contribution in [2.24, 2.45) is 0 Å². The third-order valence-electron chi connectivity index (χ3n) is 3.88. The lowest BCUT2D eigenvalue weighted by Gasteiger charge is -2.16. The number of hydrogen-bond donors (Lipinski definition) is 2. The summed E-state index contributed by atoms with van der Waals surface area (Å²) >= 11 is 0. The maximum absolute atomic E-state index is 9.52. The maximum atomic E-state index is 9.52. The summed E-state index contributed by atoms with van der Waals surface area (Å²) < 4.78 is 0. The summed E-state index contributed by atoms with van der Waals surface area (Å²) in [7, 11) is 0. The van der Waals surface area contributed by atoms with Crippen molar-refractivity contribution in [1.29, 1.82) is 0 Å². The van der Waals surface area contributed by atoms with E-state index in [1.165, 1.54) is 22.4 Å². The molecule has 2 nitrogen and oxygen atoms in total. The molecule has 3 rings (SSSR count). The number of rotatable bonds is 3. The van der Waals surface area contributed by atoms with Crippen molar-refractivity contribution in [2.75, 3.05) is 5.32 Å². The van der Waals surface area contributed by atoms with Crippen LogP contribution in [0.1, 0.15) is 36.1 Å². The lowest BCUT2D eigenvalue weighted by Crippen LogP contribution is -2.07. The molecule has 0 bridgehead atoms. The summed E-state index contributed by atoms with van der Waals surface area (Å²) in [6.45, 7) is 2.17. The number of phenolic OH excluding ortho intramolecular Hbond substituents is 1. The molecule has 1 atom stereocenters. The topological polar surface area (TPSA) is 32.3 Å². The second-order valence-corrected chi connectivity index (χ2v) is 5.17. The van der Waals surface area contributed by atoms with Crippen molar-refractivity contribution in [3.63, 3.8) is 0 Å². The quantitative estimate of drug-likeness (QED) is 0.864. The zero-order valence-electron chi connectivity index (χ0n) is 11.2. The van der Waals surface area contributed by atoms with Crippen LogP contribution in [0.3, 0.4) is 0 Å². The van der Waals surface area contributed by atoms with Crippen LogP contribution in [0.15, 0.2) is 42.5 Å². The molecule has 2 aromatic carbocycles. The van der Waals surface area contributed by atoms with Gasteiger partial charge in [0, 0.05) is 5.69 Å². The van der Waals surface area contributed by atoms with Gasteiger partial charge < -0.3 is 10.4 Å². The first-order valence-corrected chi connectivity index (χ1v) is 6.93. The van der Waals surface area contributed by atoms with Gasteiger partial charge in [-0.3, -0.25) is 0 Å². The largest absolute Gasteiger partial charge is 0.508 e. The van der Waals surface area contributed by atoms with Crippen molar-refractivity contribution >= 4 is 5.69 Å². The van der Waals surface area contributed by atoms with Gasteiger partial charge >= 0.3 is 0 Å². The Morgan fingerprint density at radius 3 is 2.95 bits per heavy atom. The average molecular weight is 253 g/mol. The Balaban J connectivity index is 1.82. The Morgan fingerprint density at radius 2 is 2.11 bits per heavy atom. The summed E-state index contributed by atoms with van der Waals surface area (Å²) in [5.74, 6) is 0.368. The lowest BCUT2D eigenvalue weighted by atomic mass is 10.1. The van der Waals surface area contributed by atoms with E-state index in [9.17, 15) is 5.11 Å². The molecule has 2 aromatic rings. The molecule has 0 amide bonds. The molecule has 1 aliphatic rings. The fourth-order valence-electron chi connectivity index (χ4n) is 2.84. The molecule has 19 heavy (non-hydrogen) atoms. The number of aromatic hydroxyl groups is 1. The number of benzene rings is 2. The number of anilines is 1. The second kappa shape index (κ2) is 4.96. The molecule has 1 aliphatic carbocycles. The van der Waals surface area contributed by atoms with Crippen LogP contribution in [0.4, 0.5) is 5.69 Å². The predicted molar refractivity (Wildman–Crippen MR) is 78.6 cm³/mol. The van der Waals surface area contributed by atoms with E-state index < -0.39 is 0 Å². The van der Waals surface area contributed by atoms with Crippen molar-refractivity contribution in [3.8, 4) is 5.75 Å². The highest BCUT2D eigenvalue weighted by Gasteiger charge is 2.22. The molecule has 0 radical (unpaired) electrons. The Kier molecular flexibility index (Phi) is 3.16. The molecule has 0 saturated carbocycles. The van der Waals surface area contributed by atoms with Crippen LogP contribution >= 0.6 is 0 Å². The average Bonchev–Trinajstić information content (AvgIpc) is 2.81. The third kappa shape index (κ3) is 2.43. The van der Waals surface area contributed by atoms with Crippen LogP contribution < -0.4 is 5.32 Å². The molecule has 0 aromatic heterocycles. The molecule has 0 fully saturated rings. The maximum Gasteiger partial charge on any atom is 0.115 e. The molecule has 0 aliphatic heterocycles. The summed E-state index contributed by atoms with van der Waals surface area (Å²) in [5.41, 5.74) is 5.13. The van der Waals surface area contributed by atoms with Crippen LogP contribution in [0, 0.1) is 0 Å². The highest BCUT2D eigenvalue weighted by atomic mass is 16.3. The summed E-state index contributed by atoms with van der Waals surface area (Å²) in [5, 5.41) is 13.1. The summed E-state index contributed by atoms with van der Waals surface area (Å²) in [4.78, 5) is 0. The van der Waals surface area contributed by atoms with E-state index in [-0.39, 0.29) is 0 Å². The molecule has 2 N–H and O–H groups in total. The van der Waals surface area contributed by atoms with E-state index in [1.807, 2.05) is 12.1 Å².